The molecule has 5 heteroatoms. The van der Waals surface area contributed by atoms with Crippen LogP contribution in [0.1, 0.15) is 19.8 Å². The van der Waals surface area contributed by atoms with Crippen molar-refractivity contribution in [2.45, 2.75) is 38.0 Å². The lowest BCUT2D eigenvalue weighted by molar-refractivity contribution is -0.138. The molecule has 0 aromatic heterocycles. The molecule has 0 spiro atoms. The molecular weight excluding hydrogens is 220 g/mol. The molecule has 98 valence electrons. The van der Waals surface area contributed by atoms with E-state index in [0.717, 1.165) is 25.9 Å². The van der Waals surface area contributed by atoms with Gasteiger partial charge in [0.25, 0.3) is 0 Å². The normalized spacial score (nSPS) is 29.1. The average molecular weight is 242 g/mol. The van der Waals surface area contributed by atoms with Crippen LogP contribution in [-0.2, 0) is 14.3 Å². The number of hydrogen-bond acceptors (Lipinski definition) is 4. The predicted molar refractivity (Wildman–Crippen MR) is 63.8 cm³/mol. The molecule has 1 saturated carbocycles. The fraction of sp³-hybridized carbons (Fsp3) is 0.917. The summed E-state index contributed by atoms with van der Waals surface area (Å²) in [5.74, 6) is 0.0734. The summed E-state index contributed by atoms with van der Waals surface area (Å²) >= 11 is 0. The Hall–Kier alpha value is -0.650. The summed E-state index contributed by atoms with van der Waals surface area (Å²) in [7, 11) is 1.85. The lowest BCUT2D eigenvalue weighted by Crippen LogP contribution is -2.45. The Labute approximate surface area is 102 Å². The largest absolute Gasteiger partial charge is 0.370 e. The highest BCUT2D eigenvalue weighted by Crippen LogP contribution is 2.25. The molecule has 1 aliphatic carbocycles. The van der Waals surface area contributed by atoms with E-state index in [1.165, 1.54) is 0 Å². The van der Waals surface area contributed by atoms with Crippen molar-refractivity contribution in [3.63, 3.8) is 0 Å². The second kappa shape index (κ2) is 5.80. The molecule has 1 N–H and O–H groups in total. The van der Waals surface area contributed by atoms with E-state index in [0.29, 0.717) is 12.6 Å². The SMILES string of the molecule is CC1CNCC(COCC(=O)N(C)C2CC2)O1. The Morgan fingerprint density at radius 1 is 1.47 bits per heavy atom. The van der Waals surface area contributed by atoms with Crippen molar-refractivity contribution in [1.82, 2.24) is 10.2 Å². The maximum Gasteiger partial charge on any atom is 0.248 e. The van der Waals surface area contributed by atoms with Crippen molar-refractivity contribution in [3.8, 4) is 0 Å². The van der Waals surface area contributed by atoms with Crippen LogP contribution < -0.4 is 5.32 Å². The van der Waals surface area contributed by atoms with Crippen LogP contribution in [0, 0.1) is 0 Å². The molecule has 0 radical (unpaired) electrons. The zero-order valence-electron chi connectivity index (χ0n) is 10.6. The van der Waals surface area contributed by atoms with E-state index in [2.05, 4.69) is 5.32 Å². The number of carbonyl (C=O) groups is 1. The van der Waals surface area contributed by atoms with Gasteiger partial charge in [0.2, 0.25) is 5.91 Å². The first-order chi connectivity index (χ1) is 8.16. The van der Waals surface area contributed by atoms with Gasteiger partial charge in [-0.15, -0.1) is 0 Å². The molecule has 1 heterocycles. The van der Waals surface area contributed by atoms with Gasteiger partial charge in [0.05, 0.1) is 18.8 Å². The van der Waals surface area contributed by atoms with E-state index in [-0.39, 0.29) is 24.7 Å². The van der Waals surface area contributed by atoms with Gasteiger partial charge >= 0.3 is 0 Å². The second-order valence-electron chi connectivity index (χ2n) is 4.98. The van der Waals surface area contributed by atoms with Crippen LogP contribution in [0.15, 0.2) is 0 Å². The fourth-order valence-electron chi connectivity index (χ4n) is 2.02. The second-order valence-corrected chi connectivity index (χ2v) is 4.98. The monoisotopic (exact) mass is 242 g/mol. The highest BCUT2D eigenvalue weighted by atomic mass is 16.5. The summed E-state index contributed by atoms with van der Waals surface area (Å²) < 4.78 is 11.1. The molecule has 17 heavy (non-hydrogen) atoms. The Balaban J connectivity index is 1.60. The first-order valence-corrected chi connectivity index (χ1v) is 6.36. The summed E-state index contributed by atoms with van der Waals surface area (Å²) in [6, 6.07) is 0.457. The van der Waals surface area contributed by atoms with Crippen LogP contribution in [-0.4, -0.2) is 62.4 Å². The minimum atomic E-state index is 0.0674. The van der Waals surface area contributed by atoms with Gasteiger partial charge in [0.15, 0.2) is 0 Å². The Morgan fingerprint density at radius 3 is 2.88 bits per heavy atom. The topological polar surface area (TPSA) is 50.8 Å². The maximum atomic E-state index is 11.7. The molecular formula is C12H22N2O3. The molecule has 1 saturated heterocycles. The van der Waals surface area contributed by atoms with Crippen molar-refractivity contribution in [2.75, 3.05) is 33.4 Å². The average Bonchev–Trinajstić information content (AvgIpc) is 3.12. The zero-order chi connectivity index (χ0) is 12.3. The number of carbonyl (C=O) groups excluding carboxylic acids is 1. The first kappa shape index (κ1) is 12.8. The van der Waals surface area contributed by atoms with Crippen LogP contribution in [0.2, 0.25) is 0 Å². The van der Waals surface area contributed by atoms with Gasteiger partial charge in [-0.1, -0.05) is 0 Å². The number of likely N-dealkylation sites (N-methyl/N-ethyl adjacent to an activating group) is 1. The molecule has 2 aliphatic rings. The van der Waals surface area contributed by atoms with Crippen molar-refractivity contribution < 1.29 is 14.3 Å². The van der Waals surface area contributed by atoms with E-state index in [9.17, 15) is 4.79 Å². The maximum absolute atomic E-state index is 11.7. The van der Waals surface area contributed by atoms with Crippen LogP contribution in [0.3, 0.4) is 0 Å². The zero-order valence-corrected chi connectivity index (χ0v) is 10.6. The fourth-order valence-corrected chi connectivity index (χ4v) is 2.02. The number of nitrogens with one attached hydrogen (secondary N) is 1. The highest BCUT2D eigenvalue weighted by molar-refractivity contribution is 5.77. The number of morpholine rings is 1. The Bertz CT molecular complexity index is 268. The van der Waals surface area contributed by atoms with Gasteiger partial charge in [-0.05, 0) is 19.8 Å². The highest BCUT2D eigenvalue weighted by Gasteiger charge is 2.29. The molecule has 1 aliphatic heterocycles. The standard InChI is InChI=1S/C12H22N2O3/c1-9-5-13-6-11(17-9)7-16-8-12(15)14(2)10-3-4-10/h9-11,13H,3-8H2,1-2H3. The molecule has 2 fully saturated rings. The molecule has 5 nitrogen and oxygen atoms in total. The molecule has 0 bridgehead atoms. The summed E-state index contributed by atoms with van der Waals surface area (Å²) in [5, 5.41) is 3.27. The van der Waals surface area contributed by atoms with E-state index < -0.39 is 0 Å². The van der Waals surface area contributed by atoms with Gasteiger partial charge in [0, 0.05) is 26.2 Å². The van der Waals surface area contributed by atoms with E-state index in [4.69, 9.17) is 9.47 Å². The molecule has 0 aromatic carbocycles. The predicted octanol–water partition coefficient (Wildman–Crippen LogP) is 0.000700. The van der Waals surface area contributed by atoms with E-state index in [1.807, 2.05) is 14.0 Å². The summed E-state index contributed by atoms with van der Waals surface area (Å²) in [6.07, 6.45) is 2.56. The lowest BCUT2D eigenvalue weighted by Gasteiger charge is -2.28. The van der Waals surface area contributed by atoms with E-state index in [1.54, 1.807) is 4.90 Å². The minimum absolute atomic E-state index is 0.0674. The van der Waals surface area contributed by atoms with Crippen LogP contribution in [0.5, 0.6) is 0 Å². The number of amides is 1. The van der Waals surface area contributed by atoms with Gasteiger partial charge in [-0.2, -0.15) is 0 Å². The third-order valence-electron chi connectivity index (χ3n) is 3.25. The summed E-state index contributed by atoms with van der Waals surface area (Å²) in [4.78, 5) is 13.5. The van der Waals surface area contributed by atoms with E-state index >= 15 is 0 Å². The summed E-state index contributed by atoms with van der Waals surface area (Å²) in [5.41, 5.74) is 0. The summed E-state index contributed by atoms with van der Waals surface area (Å²) in [6.45, 7) is 4.38. The quantitative estimate of drug-likeness (QED) is 0.737. The van der Waals surface area contributed by atoms with Crippen molar-refractivity contribution in [1.29, 1.82) is 0 Å². The Morgan fingerprint density at radius 2 is 2.24 bits per heavy atom. The van der Waals surface area contributed by atoms with Crippen molar-refractivity contribution >= 4 is 5.91 Å². The number of nitrogens with zero attached hydrogens (tertiary/aromatic N) is 1. The number of rotatable bonds is 5. The molecule has 1 amide bonds. The molecule has 2 atom stereocenters. The minimum Gasteiger partial charge on any atom is -0.370 e. The van der Waals surface area contributed by atoms with Gasteiger partial charge in [-0.25, -0.2) is 0 Å². The van der Waals surface area contributed by atoms with Crippen LogP contribution >= 0.6 is 0 Å². The van der Waals surface area contributed by atoms with Crippen LogP contribution in [0.25, 0.3) is 0 Å². The first-order valence-electron chi connectivity index (χ1n) is 6.36. The van der Waals surface area contributed by atoms with Crippen molar-refractivity contribution in [2.24, 2.45) is 0 Å². The van der Waals surface area contributed by atoms with Gasteiger partial charge in [-0.3, -0.25) is 4.79 Å². The molecule has 0 aromatic rings. The van der Waals surface area contributed by atoms with Gasteiger partial charge < -0.3 is 19.7 Å². The lowest BCUT2D eigenvalue weighted by atomic mass is 10.2. The third-order valence-corrected chi connectivity index (χ3v) is 3.25. The Kier molecular flexibility index (Phi) is 4.36. The van der Waals surface area contributed by atoms with Crippen molar-refractivity contribution in [3.05, 3.63) is 0 Å². The molecule has 2 rings (SSSR count). The number of ether oxygens (including phenoxy) is 2. The van der Waals surface area contributed by atoms with Crippen LogP contribution in [0.4, 0.5) is 0 Å². The third kappa shape index (κ3) is 3.94. The smallest absolute Gasteiger partial charge is 0.248 e. The molecule has 2 unspecified atom stereocenters. The van der Waals surface area contributed by atoms with Gasteiger partial charge in [0.1, 0.15) is 6.61 Å². The number of hydrogen-bond donors (Lipinski definition) is 1.